The summed E-state index contributed by atoms with van der Waals surface area (Å²) < 4.78 is 31.6. The second kappa shape index (κ2) is 6.66. The van der Waals surface area contributed by atoms with Crippen LogP contribution in [0.5, 0.6) is 5.75 Å². The molecule has 0 spiro atoms. The lowest BCUT2D eigenvalue weighted by molar-refractivity contribution is -0.125. The van der Waals surface area contributed by atoms with Crippen LogP contribution in [0.3, 0.4) is 0 Å². The van der Waals surface area contributed by atoms with Crippen molar-refractivity contribution in [1.29, 1.82) is 0 Å². The zero-order valence-corrected chi connectivity index (χ0v) is 12.8. The predicted molar refractivity (Wildman–Crippen MR) is 84.0 cm³/mol. The average Bonchev–Trinajstić information content (AvgIpc) is 3.07. The van der Waals surface area contributed by atoms with Crippen molar-refractivity contribution in [3.05, 3.63) is 59.7 Å². The largest absolute Gasteiger partial charge is 0.497 e. The molecule has 0 saturated carbocycles. The van der Waals surface area contributed by atoms with Crippen molar-refractivity contribution in [2.24, 2.45) is 5.16 Å². The number of hydrogen-bond acceptors (Lipinski definition) is 4. The van der Waals surface area contributed by atoms with E-state index in [4.69, 9.17) is 9.57 Å². The fourth-order valence-electron chi connectivity index (χ4n) is 2.30. The van der Waals surface area contributed by atoms with Crippen molar-refractivity contribution in [1.82, 2.24) is 0 Å². The highest BCUT2D eigenvalue weighted by Gasteiger charge is 2.29. The lowest BCUT2D eigenvalue weighted by Crippen LogP contribution is -2.28. The molecule has 1 N–H and O–H groups in total. The number of oxime groups is 1. The van der Waals surface area contributed by atoms with Gasteiger partial charge in [0, 0.05) is 18.1 Å². The fourth-order valence-corrected chi connectivity index (χ4v) is 2.30. The van der Waals surface area contributed by atoms with Crippen molar-refractivity contribution in [2.45, 2.75) is 12.5 Å². The van der Waals surface area contributed by atoms with Crippen molar-refractivity contribution in [2.75, 3.05) is 12.4 Å². The third-order valence-corrected chi connectivity index (χ3v) is 3.55. The monoisotopic (exact) mass is 332 g/mol. The maximum atomic E-state index is 13.6. The minimum atomic E-state index is -0.879. The summed E-state index contributed by atoms with van der Waals surface area (Å²) in [4.78, 5) is 17.3. The van der Waals surface area contributed by atoms with E-state index in [-0.39, 0.29) is 12.1 Å². The third-order valence-electron chi connectivity index (χ3n) is 3.55. The summed E-state index contributed by atoms with van der Waals surface area (Å²) >= 11 is 0. The van der Waals surface area contributed by atoms with Crippen LogP contribution < -0.4 is 10.1 Å². The smallest absolute Gasteiger partial charge is 0.268 e. The van der Waals surface area contributed by atoms with Gasteiger partial charge in [0.15, 0.2) is 0 Å². The molecule has 0 aromatic heterocycles. The van der Waals surface area contributed by atoms with Crippen LogP contribution in [0, 0.1) is 11.6 Å². The first-order valence-electron chi connectivity index (χ1n) is 7.20. The van der Waals surface area contributed by atoms with E-state index in [0.29, 0.717) is 17.5 Å². The van der Waals surface area contributed by atoms with Crippen molar-refractivity contribution in [3.63, 3.8) is 0 Å². The maximum absolute atomic E-state index is 13.6. The Morgan fingerprint density at radius 1 is 1.29 bits per heavy atom. The van der Waals surface area contributed by atoms with Crippen LogP contribution in [-0.4, -0.2) is 24.8 Å². The van der Waals surface area contributed by atoms with Gasteiger partial charge in [0.1, 0.15) is 17.4 Å². The van der Waals surface area contributed by atoms with Crippen LogP contribution in [0.25, 0.3) is 0 Å². The van der Waals surface area contributed by atoms with Gasteiger partial charge in [-0.25, -0.2) is 8.78 Å². The summed E-state index contributed by atoms with van der Waals surface area (Å²) in [7, 11) is 1.56. The molecule has 1 amide bonds. The van der Waals surface area contributed by atoms with Crippen LogP contribution in [0.4, 0.5) is 14.5 Å². The Kier molecular flexibility index (Phi) is 4.41. The van der Waals surface area contributed by atoms with E-state index in [1.54, 1.807) is 25.3 Å². The van der Waals surface area contributed by atoms with Crippen LogP contribution in [-0.2, 0) is 9.63 Å². The Morgan fingerprint density at radius 2 is 2.12 bits per heavy atom. The fraction of sp³-hybridized carbons (Fsp3) is 0.176. The Balaban J connectivity index is 1.66. The minimum Gasteiger partial charge on any atom is -0.497 e. The number of carbonyl (C=O) groups is 1. The molecule has 24 heavy (non-hydrogen) atoms. The number of nitrogens with one attached hydrogen (secondary N) is 1. The quantitative estimate of drug-likeness (QED) is 0.936. The highest BCUT2D eigenvalue weighted by atomic mass is 19.1. The van der Waals surface area contributed by atoms with Gasteiger partial charge in [-0.3, -0.25) is 4.79 Å². The topological polar surface area (TPSA) is 59.9 Å². The molecule has 0 fully saturated rings. The number of ether oxygens (including phenoxy) is 1. The predicted octanol–water partition coefficient (Wildman–Crippen LogP) is 3.11. The summed E-state index contributed by atoms with van der Waals surface area (Å²) in [6, 6.07) is 10.1. The summed E-state index contributed by atoms with van der Waals surface area (Å²) in [5, 5.41) is 6.28. The maximum Gasteiger partial charge on any atom is 0.268 e. The summed E-state index contributed by atoms with van der Waals surface area (Å²) in [5.74, 6) is -1.46. The second-order valence-corrected chi connectivity index (χ2v) is 5.18. The van der Waals surface area contributed by atoms with Gasteiger partial charge in [0.25, 0.3) is 5.91 Å². The SMILES string of the molecule is COc1cccc(C2=NOC(C(=O)Nc3ccc(F)cc3F)C2)c1. The van der Waals surface area contributed by atoms with E-state index >= 15 is 0 Å². The van der Waals surface area contributed by atoms with Crippen LogP contribution in [0.15, 0.2) is 47.6 Å². The number of rotatable bonds is 4. The molecule has 1 heterocycles. The molecule has 0 radical (unpaired) electrons. The highest BCUT2D eigenvalue weighted by molar-refractivity contribution is 6.06. The van der Waals surface area contributed by atoms with Gasteiger partial charge in [-0.2, -0.15) is 0 Å². The van der Waals surface area contributed by atoms with Gasteiger partial charge in [-0.1, -0.05) is 17.3 Å². The first kappa shape index (κ1) is 15.9. The number of anilines is 1. The molecule has 1 atom stereocenters. The first-order chi connectivity index (χ1) is 11.6. The molecule has 5 nitrogen and oxygen atoms in total. The highest BCUT2D eigenvalue weighted by Crippen LogP contribution is 2.22. The molecule has 0 bridgehead atoms. The van der Waals surface area contributed by atoms with Crippen LogP contribution in [0.1, 0.15) is 12.0 Å². The second-order valence-electron chi connectivity index (χ2n) is 5.18. The Labute approximate surface area is 136 Å². The van der Waals surface area contributed by atoms with E-state index < -0.39 is 23.6 Å². The first-order valence-corrected chi connectivity index (χ1v) is 7.20. The van der Waals surface area contributed by atoms with Gasteiger partial charge < -0.3 is 14.9 Å². The zero-order valence-electron chi connectivity index (χ0n) is 12.8. The molecule has 0 saturated heterocycles. The van der Waals surface area contributed by atoms with E-state index in [1.165, 1.54) is 0 Å². The number of amides is 1. The average molecular weight is 332 g/mol. The summed E-state index contributed by atoms with van der Waals surface area (Å²) in [5.41, 5.74) is 1.26. The van der Waals surface area contributed by atoms with Crippen molar-refractivity contribution < 1.29 is 23.1 Å². The summed E-state index contributed by atoms with van der Waals surface area (Å²) in [6.45, 7) is 0. The molecule has 2 aromatic carbocycles. The van der Waals surface area contributed by atoms with Gasteiger partial charge in [-0.05, 0) is 24.3 Å². The standard InChI is InChI=1S/C17H14F2N2O3/c1-23-12-4-2-3-10(7-12)15-9-16(24-21-15)17(22)20-14-6-5-11(18)8-13(14)19/h2-8,16H,9H2,1H3,(H,20,22). The molecule has 1 unspecified atom stereocenters. The molecular formula is C17H14F2N2O3. The van der Waals surface area contributed by atoms with Crippen LogP contribution >= 0.6 is 0 Å². The lowest BCUT2D eigenvalue weighted by Gasteiger charge is -2.10. The lowest BCUT2D eigenvalue weighted by atomic mass is 10.0. The Morgan fingerprint density at radius 3 is 2.88 bits per heavy atom. The minimum absolute atomic E-state index is 0.111. The number of methoxy groups -OCH3 is 1. The van der Waals surface area contributed by atoms with E-state index in [2.05, 4.69) is 10.5 Å². The van der Waals surface area contributed by atoms with E-state index in [0.717, 1.165) is 17.7 Å². The molecule has 1 aliphatic heterocycles. The van der Waals surface area contributed by atoms with E-state index in [1.807, 2.05) is 6.07 Å². The Hall–Kier alpha value is -2.96. The van der Waals surface area contributed by atoms with Gasteiger partial charge in [-0.15, -0.1) is 0 Å². The molecule has 7 heteroatoms. The number of hydrogen-bond donors (Lipinski definition) is 1. The van der Waals surface area contributed by atoms with Gasteiger partial charge in [0.05, 0.1) is 18.5 Å². The molecule has 1 aliphatic rings. The van der Waals surface area contributed by atoms with Crippen LogP contribution in [0.2, 0.25) is 0 Å². The normalized spacial score (nSPS) is 16.3. The zero-order chi connectivity index (χ0) is 17.1. The Bertz CT molecular complexity index is 808. The third kappa shape index (κ3) is 3.34. The molecular weight excluding hydrogens is 318 g/mol. The number of benzene rings is 2. The molecule has 124 valence electrons. The molecule has 3 rings (SSSR count). The molecule has 0 aliphatic carbocycles. The number of halogens is 2. The van der Waals surface area contributed by atoms with Crippen molar-refractivity contribution >= 4 is 17.3 Å². The molecule has 2 aromatic rings. The van der Waals surface area contributed by atoms with Crippen molar-refractivity contribution in [3.8, 4) is 5.75 Å². The summed E-state index contributed by atoms with van der Waals surface area (Å²) in [6.07, 6.45) is -0.641. The van der Waals surface area contributed by atoms with Gasteiger partial charge >= 0.3 is 0 Å². The van der Waals surface area contributed by atoms with E-state index in [9.17, 15) is 13.6 Å². The number of carbonyl (C=O) groups excluding carboxylic acids is 1. The van der Waals surface area contributed by atoms with Gasteiger partial charge in [0.2, 0.25) is 6.10 Å². The number of nitrogens with zero attached hydrogens (tertiary/aromatic N) is 1.